The van der Waals surface area contributed by atoms with Gasteiger partial charge in [-0.25, -0.2) is 0 Å². The molecule has 1 nitrogen and oxygen atoms in total. The quantitative estimate of drug-likeness (QED) is 0.587. The maximum absolute atomic E-state index is 5.09. The summed E-state index contributed by atoms with van der Waals surface area (Å²) in [7, 11) is 1.68. The van der Waals surface area contributed by atoms with Gasteiger partial charge in [0.05, 0.1) is 7.11 Å². The Bertz CT molecular complexity index is 300. The summed E-state index contributed by atoms with van der Waals surface area (Å²) in [5.41, 5.74) is 2.58. The first kappa shape index (κ1) is 6.47. The summed E-state index contributed by atoms with van der Waals surface area (Å²) in [5, 5.41) is 0. The molecule has 0 unspecified atom stereocenters. The van der Waals surface area contributed by atoms with Crippen LogP contribution >= 0.6 is 0 Å². The van der Waals surface area contributed by atoms with E-state index in [1.807, 2.05) is 18.2 Å². The van der Waals surface area contributed by atoms with E-state index in [0.717, 1.165) is 12.2 Å². The van der Waals surface area contributed by atoms with Crippen molar-refractivity contribution in [2.45, 2.75) is 6.42 Å². The first-order chi connectivity index (χ1) is 5.40. The van der Waals surface area contributed by atoms with Crippen molar-refractivity contribution in [2.75, 3.05) is 7.11 Å². The summed E-state index contributed by atoms with van der Waals surface area (Å²) in [6.07, 6.45) is 6.11. The molecule has 0 N–H and O–H groups in total. The summed E-state index contributed by atoms with van der Waals surface area (Å²) in [6.45, 7) is 0. The molecule has 1 radical (unpaired) electrons. The van der Waals surface area contributed by atoms with E-state index < -0.39 is 0 Å². The summed E-state index contributed by atoms with van der Waals surface area (Å²) in [6, 6.07) is 6.11. The van der Waals surface area contributed by atoms with Crippen LogP contribution in [-0.4, -0.2) is 7.11 Å². The van der Waals surface area contributed by atoms with Gasteiger partial charge in [-0.05, 0) is 35.8 Å². The van der Waals surface area contributed by atoms with Crippen LogP contribution in [0.15, 0.2) is 18.2 Å². The van der Waals surface area contributed by atoms with Crippen molar-refractivity contribution in [1.29, 1.82) is 0 Å². The minimum Gasteiger partial charge on any atom is -0.497 e. The molecule has 1 aromatic carbocycles. The smallest absolute Gasteiger partial charge is 0.119 e. The highest BCUT2D eigenvalue weighted by molar-refractivity contribution is 5.59. The first-order valence-corrected chi connectivity index (χ1v) is 3.63. The zero-order chi connectivity index (χ0) is 7.68. The van der Waals surface area contributed by atoms with Crippen LogP contribution in [0.1, 0.15) is 11.1 Å². The summed E-state index contributed by atoms with van der Waals surface area (Å²) in [4.78, 5) is 0. The predicted molar refractivity (Wildman–Crippen MR) is 44.4 cm³/mol. The molecular formula is C10H9O. The molecule has 0 saturated heterocycles. The van der Waals surface area contributed by atoms with Gasteiger partial charge in [0.25, 0.3) is 0 Å². The Hall–Kier alpha value is -1.24. The van der Waals surface area contributed by atoms with Gasteiger partial charge in [0.15, 0.2) is 0 Å². The van der Waals surface area contributed by atoms with Crippen LogP contribution in [-0.2, 0) is 6.42 Å². The highest BCUT2D eigenvalue weighted by Crippen LogP contribution is 2.23. The van der Waals surface area contributed by atoms with E-state index in [0.29, 0.717) is 0 Å². The molecule has 0 aliphatic heterocycles. The summed E-state index contributed by atoms with van der Waals surface area (Å²) >= 11 is 0. The lowest BCUT2D eigenvalue weighted by Gasteiger charge is -2.01. The fourth-order valence-corrected chi connectivity index (χ4v) is 1.27. The predicted octanol–water partition coefficient (Wildman–Crippen LogP) is 2.07. The van der Waals surface area contributed by atoms with Crippen molar-refractivity contribution in [1.82, 2.24) is 0 Å². The van der Waals surface area contributed by atoms with Crippen molar-refractivity contribution in [3.05, 3.63) is 35.4 Å². The lowest BCUT2D eigenvalue weighted by molar-refractivity contribution is 0.414. The highest BCUT2D eigenvalue weighted by atomic mass is 16.5. The number of rotatable bonds is 1. The third kappa shape index (κ3) is 1.03. The number of ether oxygens (including phenoxy) is 1. The van der Waals surface area contributed by atoms with E-state index in [2.05, 4.69) is 12.1 Å². The van der Waals surface area contributed by atoms with Gasteiger partial charge in [-0.15, -0.1) is 0 Å². The van der Waals surface area contributed by atoms with Crippen LogP contribution in [0.5, 0.6) is 5.75 Å². The van der Waals surface area contributed by atoms with Gasteiger partial charge in [-0.3, -0.25) is 0 Å². The zero-order valence-electron chi connectivity index (χ0n) is 6.42. The van der Waals surface area contributed by atoms with E-state index >= 15 is 0 Å². The van der Waals surface area contributed by atoms with Crippen molar-refractivity contribution >= 4 is 6.08 Å². The third-order valence-electron chi connectivity index (χ3n) is 1.90. The van der Waals surface area contributed by atoms with Crippen molar-refractivity contribution in [3.8, 4) is 5.75 Å². The number of benzene rings is 1. The SMILES string of the molecule is COc1ccc2c(c1)C=[C]C2. The second-order valence-electron chi connectivity index (χ2n) is 2.59. The standard InChI is InChI=1S/C10H9O/c1-11-10-6-5-8-3-2-4-9(8)7-10/h4-7H,3H2,1H3. The average molecular weight is 145 g/mol. The Kier molecular flexibility index (Phi) is 1.42. The van der Waals surface area contributed by atoms with Crippen LogP contribution in [0.2, 0.25) is 0 Å². The molecule has 0 spiro atoms. The number of fused-ring (bicyclic) bond motifs is 1. The lowest BCUT2D eigenvalue weighted by atomic mass is 10.1. The van der Waals surface area contributed by atoms with Gasteiger partial charge >= 0.3 is 0 Å². The van der Waals surface area contributed by atoms with Crippen molar-refractivity contribution < 1.29 is 4.74 Å². The maximum atomic E-state index is 5.09. The zero-order valence-corrected chi connectivity index (χ0v) is 6.42. The molecule has 0 aromatic heterocycles. The van der Waals surface area contributed by atoms with Gasteiger partial charge in [0.2, 0.25) is 0 Å². The fraction of sp³-hybridized carbons (Fsp3) is 0.200. The molecule has 0 atom stereocenters. The monoisotopic (exact) mass is 145 g/mol. The molecular weight excluding hydrogens is 136 g/mol. The topological polar surface area (TPSA) is 9.23 Å². The fourth-order valence-electron chi connectivity index (χ4n) is 1.27. The van der Waals surface area contributed by atoms with Crippen LogP contribution in [0.4, 0.5) is 0 Å². The van der Waals surface area contributed by atoms with E-state index in [-0.39, 0.29) is 0 Å². The van der Waals surface area contributed by atoms with Crippen molar-refractivity contribution in [3.63, 3.8) is 0 Å². The molecule has 55 valence electrons. The molecule has 1 aliphatic carbocycles. The Balaban J connectivity index is 2.47. The molecule has 0 saturated carbocycles. The number of hydrogen-bond acceptors (Lipinski definition) is 1. The summed E-state index contributed by atoms with van der Waals surface area (Å²) < 4.78 is 5.09. The molecule has 11 heavy (non-hydrogen) atoms. The van der Waals surface area contributed by atoms with Gasteiger partial charge in [-0.2, -0.15) is 0 Å². The van der Waals surface area contributed by atoms with E-state index in [4.69, 9.17) is 4.74 Å². The maximum Gasteiger partial charge on any atom is 0.119 e. The van der Waals surface area contributed by atoms with Crippen molar-refractivity contribution in [2.24, 2.45) is 0 Å². The molecule has 0 bridgehead atoms. The van der Waals surface area contributed by atoms with Gasteiger partial charge < -0.3 is 4.74 Å². The molecule has 1 aliphatic rings. The van der Waals surface area contributed by atoms with E-state index in [9.17, 15) is 0 Å². The third-order valence-corrected chi connectivity index (χ3v) is 1.90. The minimum atomic E-state index is 0.920. The highest BCUT2D eigenvalue weighted by Gasteiger charge is 2.04. The van der Waals surface area contributed by atoms with E-state index in [1.54, 1.807) is 7.11 Å². The van der Waals surface area contributed by atoms with Crippen LogP contribution in [0.25, 0.3) is 6.08 Å². The largest absolute Gasteiger partial charge is 0.497 e. The minimum absolute atomic E-state index is 0.920. The van der Waals surface area contributed by atoms with Gasteiger partial charge in [-0.1, -0.05) is 12.1 Å². The Morgan fingerprint density at radius 3 is 3.18 bits per heavy atom. The molecule has 1 aromatic rings. The van der Waals surface area contributed by atoms with Crippen LogP contribution in [0.3, 0.4) is 0 Å². The number of hydrogen-bond donors (Lipinski definition) is 0. The van der Waals surface area contributed by atoms with Crippen LogP contribution < -0.4 is 4.74 Å². The van der Waals surface area contributed by atoms with Gasteiger partial charge in [0, 0.05) is 0 Å². The number of methoxy groups -OCH3 is 1. The molecule has 0 fully saturated rings. The molecule has 1 heteroatoms. The first-order valence-electron chi connectivity index (χ1n) is 3.63. The second kappa shape index (κ2) is 2.42. The normalized spacial score (nSPS) is 13.2. The summed E-state index contributed by atoms with van der Waals surface area (Å²) in [5.74, 6) is 0.920. The molecule has 0 amide bonds. The number of allylic oxidation sites excluding steroid dienone is 1. The molecule has 2 rings (SSSR count). The average Bonchev–Trinajstić information content (AvgIpc) is 2.50. The Morgan fingerprint density at radius 2 is 2.36 bits per heavy atom. The van der Waals surface area contributed by atoms with E-state index in [1.165, 1.54) is 11.1 Å². The lowest BCUT2D eigenvalue weighted by Crippen LogP contribution is -1.85. The second-order valence-corrected chi connectivity index (χ2v) is 2.59. The molecule has 0 heterocycles. The van der Waals surface area contributed by atoms with Gasteiger partial charge in [0.1, 0.15) is 5.75 Å². The Morgan fingerprint density at radius 1 is 1.45 bits per heavy atom. The van der Waals surface area contributed by atoms with Crippen LogP contribution in [0, 0.1) is 6.08 Å². The Labute approximate surface area is 66.3 Å².